The van der Waals surface area contributed by atoms with Crippen molar-refractivity contribution in [3.8, 4) is 5.75 Å². The Labute approximate surface area is 128 Å². The summed E-state index contributed by atoms with van der Waals surface area (Å²) in [5, 5.41) is 2.59. The summed E-state index contributed by atoms with van der Waals surface area (Å²) in [4.78, 5) is 23.6. The van der Waals surface area contributed by atoms with Crippen molar-refractivity contribution in [1.82, 2.24) is 5.32 Å². The largest absolute Gasteiger partial charge is 0.493 e. The third kappa shape index (κ3) is 4.37. The normalized spacial score (nSPS) is 10.0. The van der Waals surface area contributed by atoms with Crippen LogP contribution in [-0.2, 0) is 16.1 Å². The highest BCUT2D eigenvalue weighted by atomic mass is 16.5. The van der Waals surface area contributed by atoms with Crippen molar-refractivity contribution < 1.29 is 23.5 Å². The summed E-state index contributed by atoms with van der Waals surface area (Å²) >= 11 is 0. The number of hydrogen-bond acceptors (Lipinski definition) is 5. The smallest absolute Gasteiger partial charge is 0.342 e. The second-order valence-corrected chi connectivity index (χ2v) is 4.36. The van der Waals surface area contributed by atoms with Gasteiger partial charge in [-0.05, 0) is 31.2 Å². The predicted octanol–water partition coefficient (Wildman–Crippen LogP) is 2.15. The number of amides is 1. The van der Waals surface area contributed by atoms with Crippen molar-refractivity contribution >= 4 is 11.9 Å². The maximum absolute atomic E-state index is 12.0. The first kappa shape index (κ1) is 15.6. The first-order valence-corrected chi connectivity index (χ1v) is 6.88. The monoisotopic (exact) mass is 303 g/mol. The van der Waals surface area contributed by atoms with Gasteiger partial charge in [0.1, 0.15) is 17.1 Å². The van der Waals surface area contributed by atoms with Gasteiger partial charge in [0.25, 0.3) is 5.91 Å². The maximum atomic E-state index is 12.0. The van der Waals surface area contributed by atoms with Gasteiger partial charge in [-0.25, -0.2) is 4.79 Å². The standard InChI is InChI=1S/C16H17NO5/c1-2-20-14-8-4-3-7-13(14)16(19)22-11-15(18)17-10-12-6-5-9-21-12/h3-9H,2,10-11H2,1H3,(H,17,18). The summed E-state index contributed by atoms with van der Waals surface area (Å²) in [5.74, 6) is 0.0585. The molecule has 1 N–H and O–H groups in total. The van der Waals surface area contributed by atoms with Crippen LogP contribution in [0.2, 0.25) is 0 Å². The van der Waals surface area contributed by atoms with E-state index in [0.717, 1.165) is 0 Å². The number of benzene rings is 1. The average Bonchev–Trinajstić information content (AvgIpc) is 3.05. The van der Waals surface area contributed by atoms with Crippen molar-refractivity contribution in [2.45, 2.75) is 13.5 Å². The fraction of sp³-hybridized carbons (Fsp3) is 0.250. The van der Waals surface area contributed by atoms with Crippen molar-refractivity contribution in [3.05, 3.63) is 54.0 Å². The molecule has 0 aliphatic rings. The van der Waals surface area contributed by atoms with E-state index in [1.807, 2.05) is 6.92 Å². The molecule has 6 nitrogen and oxygen atoms in total. The second kappa shape index (κ2) is 7.87. The predicted molar refractivity (Wildman–Crippen MR) is 78.4 cm³/mol. The molecule has 0 spiro atoms. The van der Waals surface area contributed by atoms with Crippen LogP contribution < -0.4 is 10.1 Å². The van der Waals surface area contributed by atoms with Crippen LogP contribution in [0.25, 0.3) is 0 Å². The molecule has 0 bridgehead atoms. The number of carbonyl (C=O) groups is 2. The summed E-state index contributed by atoms with van der Waals surface area (Å²) < 4.78 is 15.4. The van der Waals surface area contributed by atoms with Crippen LogP contribution >= 0.6 is 0 Å². The van der Waals surface area contributed by atoms with Gasteiger partial charge in [-0.1, -0.05) is 12.1 Å². The number of ether oxygens (including phenoxy) is 2. The quantitative estimate of drug-likeness (QED) is 0.793. The van der Waals surface area contributed by atoms with E-state index in [0.29, 0.717) is 23.7 Å². The zero-order valence-electron chi connectivity index (χ0n) is 12.2. The van der Waals surface area contributed by atoms with E-state index in [1.165, 1.54) is 6.26 Å². The molecular formula is C16H17NO5. The highest BCUT2D eigenvalue weighted by Crippen LogP contribution is 2.18. The summed E-state index contributed by atoms with van der Waals surface area (Å²) in [5.41, 5.74) is 0.295. The Morgan fingerprint density at radius 2 is 2.00 bits per heavy atom. The third-order valence-corrected chi connectivity index (χ3v) is 2.78. The van der Waals surface area contributed by atoms with Crippen LogP contribution in [0.3, 0.4) is 0 Å². The lowest BCUT2D eigenvalue weighted by molar-refractivity contribution is -0.124. The summed E-state index contributed by atoms with van der Waals surface area (Å²) in [6.45, 7) is 2.15. The summed E-state index contributed by atoms with van der Waals surface area (Å²) in [6.07, 6.45) is 1.52. The number of carbonyl (C=O) groups excluding carboxylic acids is 2. The summed E-state index contributed by atoms with van der Waals surface area (Å²) in [6, 6.07) is 10.2. The molecule has 0 saturated heterocycles. The molecule has 0 aliphatic heterocycles. The minimum absolute atomic E-state index is 0.249. The molecule has 2 aromatic rings. The van der Waals surface area contributed by atoms with Gasteiger partial charge < -0.3 is 19.2 Å². The fourth-order valence-corrected chi connectivity index (χ4v) is 1.78. The number of furan rings is 1. The molecule has 2 rings (SSSR count). The topological polar surface area (TPSA) is 77.8 Å². The van der Waals surface area contributed by atoms with Crippen LogP contribution in [0.15, 0.2) is 47.1 Å². The van der Waals surface area contributed by atoms with E-state index in [4.69, 9.17) is 13.9 Å². The van der Waals surface area contributed by atoms with E-state index in [-0.39, 0.29) is 13.2 Å². The Morgan fingerprint density at radius 3 is 2.73 bits per heavy atom. The molecular weight excluding hydrogens is 286 g/mol. The minimum Gasteiger partial charge on any atom is -0.493 e. The van der Waals surface area contributed by atoms with Crippen LogP contribution in [-0.4, -0.2) is 25.1 Å². The van der Waals surface area contributed by atoms with Gasteiger partial charge in [-0.15, -0.1) is 0 Å². The molecule has 0 atom stereocenters. The molecule has 1 aromatic carbocycles. The van der Waals surface area contributed by atoms with E-state index < -0.39 is 11.9 Å². The summed E-state index contributed by atoms with van der Waals surface area (Å²) in [7, 11) is 0. The fourth-order valence-electron chi connectivity index (χ4n) is 1.78. The van der Waals surface area contributed by atoms with E-state index in [9.17, 15) is 9.59 Å². The van der Waals surface area contributed by atoms with Crippen LogP contribution in [0, 0.1) is 0 Å². The average molecular weight is 303 g/mol. The second-order valence-electron chi connectivity index (χ2n) is 4.36. The van der Waals surface area contributed by atoms with Crippen molar-refractivity contribution in [2.24, 2.45) is 0 Å². The highest BCUT2D eigenvalue weighted by Gasteiger charge is 2.15. The maximum Gasteiger partial charge on any atom is 0.342 e. The Balaban J connectivity index is 1.83. The molecule has 0 saturated carbocycles. The third-order valence-electron chi connectivity index (χ3n) is 2.78. The zero-order chi connectivity index (χ0) is 15.8. The van der Waals surface area contributed by atoms with Gasteiger partial charge in [0.05, 0.1) is 19.4 Å². The van der Waals surface area contributed by atoms with E-state index >= 15 is 0 Å². The van der Waals surface area contributed by atoms with Crippen molar-refractivity contribution in [2.75, 3.05) is 13.2 Å². The Kier molecular flexibility index (Phi) is 5.59. The van der Waals surface area contributed by atoms with E-state index in [1.54, 1.807) is 36.4 Å². The molecule has 0 aliphatic carbocycles. The molecule has 22 heavy (non-hydrogen) atoms. The molecule has 0 unspecified atom stereocenters. The van der Waals surface area contributed by atoms with Crippen LogP contribution in [0.5, 0.6) is 5.75 Å². The van der Waals surface area contributed by atoms with Crippen LogP contribution in [0.1, 0.15) is 23.0 Å². The molecule has 6 heteroatoms. The van der Waals surface area contributed by atoms with Gasteiger partial charge in [0.15, 0.2) is 6.61 Å². The van der Waals surface area contributed by atoms with Gasteiger partial charge in [0, 0.05) is 0 Å². The van der Waals surface area contributed by atoms with E-state index in [2.05, 4.69) is 5.32 Å². The lowest BCUT2D eigenvalue weighted by Crippen LogP contribution is -2.28. The van der Waals surface area contributed by atoms with Gasteiger partial charge in [-0.3, -0.25) is 4.79 Å². The van der Waals surface area contributed by atoms with Crippen molar-refractivity contribution in [1.29, 1.82) is 0 Å². The number of nitrogens with one attached hydrogen (secondary N) is 1. The Morgan fingerprint density at radius 1 is 1.18 bits per heavy atom. The first-order chi connectivity index (χ1) is 10.7. The van der Waals surface area contributed by atoms with Crippen LogP contribution in [0.4, 0.5) is 0 Å². The van der Waals surface area contributed by atoms with Gasteiger partial charge >= 0.3 is 5.97 Å². The van der Waals surface area contributed by atoms with Gasteiger partial charge in [0.2, 0.25) is 0 Å². The highest BCUT2D eigenvalue weighted by molar-refractivity contribution is 5.93. The molecule has 1 heterocycles. The molecule has 116 valence electrons. The Hall–Kier alpha value is -2.76. The number of esters is 1. The molecule has 1 aromatic heterocycles. The number of hydrogen-bond donors (Lipinski definition) is 1. The Bertz CT molecular complexity index is 621. The molecule has 1 amide bonds. The number of para-hydroxylation sites is 1. The molecule has 0 radical (unpaired) electrons. The lowest BCUT2D eigenvalue weighted by Gasteiger charge is -2.09. The SMILES string of the molecule is CCOc1ccccc1C(=O)OCC(=O)NCc1ccco1. The lowest BCUT2D eigenvalue weighted by atomic mass is 10.2. The minimum atomic E-state index is -0.600. The zero-order valence-corrected chi connectivity index (χ0v) is 12.2. The van der Waals surface area contributed by atoms with Crippen molar-refractivity contribution in [3.63, 3.8) is 0 Å². The molecule has 0 fully saturated rings. The van der Waals surface area contributed by atoms with Gasteiger partial charge in [-0.2, -0.15) is 0 Å². The first-order valence-electron chi connectivity index (χ1n) is 6.88. The number of rotatable bonds is 7.